The summed E-state index contributed by atoms with van der Waals surface area (Å²) < 4.78 is 26.4. The van der Waals surface area contributed by atoms with Gasteiger partial charge in [0.2, 0.25) is 10.0 Å². The summed E-state index contributed by atoms with van der Waals surface area (Å²) in [5.41, 5.74) is 2.46. The number of carbonyl (C=O) groups is 1. The van der Waals surface area contributed by atoms with E-state index < -0.39 is 22.0 Å². The molecule has 2 aromatic rings. The van der Waals surface area contributed by atoms with Crippen LogP contribution < -0.4 is 0 Å². The maximum Gasteiger partial charge on any atom is 0.322 e. The minimum atomic E-state index is -3.85. The second-order valence-electron chi connectivity index (χ2n) is 5.63. The molecule has 0 radical (unpaired) electrons. The van der Waals surface area contributed by atoms with Crippen LogP contribution in [0.15, 0.2) is 60.0 Å². The monoisotopic (exact) mass is 343 g/mol. The molecule has 124 valence electrons. The van der Waals surface area contributed by atoms with Crippen molar-refractivity contribution in [2.45, 2.75) is 19.0 Å². The number of hydrogen-bond acceptors (Lipinski definition) is 3. The van der Waals surface area contributed by atoms with E-state index in [1.165, 1.54) is 6.08 Å². The van der Waals surface area contributed by atoms with Gasteiger partial charge in [-0.05, 0) is 22.8 Å². The van der Waals surface area contributed by atoms with E-state index in [-0.39, 0.29) is 13.0 Å². The van der Waals surface area contributed by atoms with Crippen molar-refractivity contribution in [1.82, 2.24) is 4.31 Å². The van der Waals surface area contributed by atoms with Crippen LogP contribution in [-0.4, -0.2) is 29.8 Å². The number of carboxylic acid groups (broad SMARTS) is 1. The molecule has 1 unspecified atom stereocenters. The maximum absolute atomic E-state index is 12.7. The van der Waals surface area contributed by atoms with Gasteiger partial charge in [0, 0.05) is 18.4 Å². The second-order valence-corrected chi connectivity index (χ2v) is 7.40. The van der Waals surface area contributed by atoms with Gasteiger partial charge < -0.3 is 5.11 Å². The largest absolute Gasteiger partial charge is 0.480 e. The van der Waals surface area contributed by atoms with Crippen molar-refractivity contribution in [3.05, 3.63) is 76.7 Å². The Morgan fingerprint density at radius 1 is 1.04 bits per heavy atom. The Hall–Kier alpha value is -2.44. The first-order valence-electron chi connectivity index (χ1n) is 7.52. The first kappa shape index (κ1) is 16.4. The zero-order valence-corrected chi connectivity index (χ0v) is 13.7. The van der Waals surface area contributed by atoms with Crippen molar-refractivity contribution in [1.29, 1.82) is 0 Å². The highest BCUT2D eigenvalue weighted by Gasteiger charge is 2.37. The van der Waals surface area contributed by atoms with Crippen LogP contribution in [-0.2, 0) is 27.8 Å². The fourth-order valence-corrected chi connectivity index (χ4v) is 4.11. The van der Waals surface area contributed by atoms with Gasteiger partial charge >= 0.3 is 5.97 Å². The Morgan fingerprint density at radius 3 is 2.33 bits per heavy atom. The molecule has 1 atom stereocenters. The molecule has 1 aliphatic rings. The lowest BCUT2D eigenvalue weighted by Crippen LogP contribution is -2.47. The maximum atomic E-state index is 12.7. The molecule has 1 aliphatic heterocycles. The Kier molecular flexibility index (Phi) is 4.51. The lowest BCUT2D eigenvalue weighted by molar-refractivity contribution is -0.141. The standard InChI is InChI=1S/C18H17NO4S/c20-18(21)17-12-15-8-4-5-9-16(15)13-19(17)24(22,23)11-10-14-6-2-1-3-7-14/h1-11,17H,12-13H2,(H,20,21)/b11-10+. The van der Waals surface area contributed by atoms with Crippen LogP contribution in [0.5, 0.6) is 0 Å². The van der Waals surface area contributed by atoms with Crippen LogP contribution in [0.3, 0.4) is 0 Å². The highest BCUT2D eigenvalue weighted by Crippen LogP contribution is 2.26. The van der Waals surface area contributed by atoms with Gasteiger partial charge in [-0.15, -0.1) is 0 Å². The van der Waals surface area contributed by atoms with Gasteiger partial charge in [0.15, 0.2) is 0 Å². The molecule has 0 bridgehead atoms. The van der Waals surface area contributed by atoms with E-state index in [0.29, 0.717) is 0 Å². The molecular weight excluding hydrogens is 326 g/mol. The zero-order valence-electron chi connectivity index (χ0n) is 12.9. The van der Waals surface area contributed by atoms with E-state index in [0.717, 1.165) is 26.4 Å². The normalized spacial score (nSPS) is 18.4. The third-order valence-corrected chi connectivity index (χ3v) is 5.57. The van der Waals surface area contributed by atoms with E-state index in [1.54, 1.807) is 12.1 Å². The molecule has 0 amide bonds. The third kappa shape index (κ3) is 3.39. The summed E-state index contributed by atoms with van der Waals surface area (Å²) in [6, 6.07) is 15.3. The summed E-state index contributed by atoms with van der Waals surface area (Å²) in [4.78, 5) is 11.6. The summed E-state index contributed by atoms with van der Waals surface area (Å²) in [5.74, 6) is -1.14. The van der Waals surface area contributed by atoms with E-state index in [9.17, 15) is 18.3 Å². The minimum absolute atomic E-state index is 0.0641. The van der Waals surface area contributed by atoms with Crippen LogP contribution in [0.4, 0.5) is 0 Å². The fraction of sp³-hybridized carbons (Fsp3) is 0.167. The Labute approximate surface area is 140 Å². The molecule has 1 N–H and O–H groups in total. The first-order chi connectivity index (χ1) is 11.5. The number of benzene rings is 2. The number of carboxylic acids is 1. The molecule has 0 saturated carbocycles. The third-order valence-electron chi connectivity index (χ3n) is 4.05. The molecule has 0 aromatic heterocycles. The quantitative estimate of drug-likeness (QED) is 0.925. The van der Waals surface area contributed by atoms with Crippen LogP contribution in [0.1, 0.15) is 16.7 Å². The van der Waals surface area contributed by atoms with Gasteiger partial charge in [-0.25, -0.2) is 8.42 Å². The molecule has 3 rings (SSSR count). The van der Waals surface area contributed by atoms with Crippen LogP contribution in [0, 0.1) is 0 Å². The fourth-order valence-electron chi connectivity index (χ4n) is 2.78. The molecule has 0 spiro atoms. The molecule has 0 saturated heterocycles. The Bertz CT molecular complexity index is 875. The van der Waals surface area contributed by atoms with Crippen molar-refractivity contribution in [3.8, 4) is 0 Å². The van der Waals surface area contributed by atoms with Gasteiger partial charge in [-0.2, -0.15) is 4.31 Å². The highest BCUT2D eigenvalue weighted by atomic mass is 32.2. The average Bonchev–Trinajstić information content (AvgIpc) is 2.60. The van der Waals surface area contributed by atoms with Crippen LogP contribution in [0.2, 0.25) is 0 Å². The molecule has 2 aromatic carbocycles. The zero-order chi connectivity index (χ0) is 17.2. The lowest BCUT2D eigenvalue weighted by Gasteiger charge is -2.32. The minimum Gasteiger partial charge on any atom is -0.480 e. The Balaban J connectivity index is 1.93. The van der Waals surface area contributed by atoms with Crippen molar-refractivity contribution < 1.29 is 18.3 Å². The molecule has 6 heteroatoms. The molecule has 0 aliphatic carbocycles. The summed E-state index contributed by atoms with van der Waals surface area (Å²) in [7, 11) is -3.85. The number of sulfonamides is 1. The molecule has 0 fully saturated rings. The van der Waals surface area contributed by atoms with Crippen LogP contribution >= 0.6 is 0 Å². The first-order valence-corrected chi connectivity index (χ1v) is 9.02. The molecule has 5 nitrogen and oxygen atoms in total. The van der Waals surface area contributed by atoms with Gasteiger partial charge in [0.25, 0.3) is 0 Å². The highest BCUT2D eigenvalue weighted by molar-refractivity contribution is 7.92. The summed E-state index contributed by atoms with van der Waals surface area (Å²) in [6.45, 7) is 0.0641. The SMILES string of the molecule is O=C(O)C1Cc2ccccc2CN1S(=O)(=O)/C=C/c1ccccc1. The smallest absolute Gasteiger partial charge is 0.322 e. The van der Waals surface area contributed by atoms with Crippen molar-refractivity contribution in [2.24, 2.45) is 0 Å². The summed E-state index contributed by atoms with van der Waals surface area (Å²) in [5, 5.41) is 10.5. The van der Waals surface area contributed by atoms with Gasteiger partial charge in [0.05, 0.1) is 0 Å². The average molecular weight is 343 g/mol. The van der Waals surface area contributed by atoms with E-state index >= 15 is 0 Å². The molecular formula is C18H17NO4S. The second kappa shape index (κ2) is 6.59. The number of rotatable bonds is 4. The van der Waals surface area contributed by atoms with Crippen molar-refractivity contribution in [3.63, 3.8) is 0 Å². The van der Waals surface area contributed by atoms with Crippen molar-refractivity contribution in [2.75, 3.05) is 0 Å². The molecule has 1 heterocycles. The predicted molar refractivity (Wildman–Crippen MR) is 91.5 cm³/mol. The summed E-state index contributed by atoms with van der Waals surface area (Å²) >= 11 is 0. The van der Waals surface area contributed by atoms with E-state index in [4.69, 9.17) is 0 Å². The molecule has 24 heavy (non-hydrogen) atoms. The topological polar surface area (TPSA) is 74.7 Å². The Morgan fingerprint density at radius 2 is 1.67 bits per heavy atom. The van der Waals surface area contributed by atoms with Gasteiger partial charge in [-0.1, -0.05) is 54.6 Å². The number of nitrogens with zero attached hydrogens (tertiary/aromatic N) is 1. The van der Waals surface area contributed by atoms with E-state index in [2.05, 4.69) is 0 Å². The number of aliphatic carboxylic acids is 1. The van der Waals surface area contributed by atoms with Gasteiger partial charge in [0.1, 0.15) is 6.04 Å². The summed E-state index contributed by atoms with van der Waals surface area (Å²) in [6.07, 6.45) is 1.65. The van der Waals surface area contributed by atoms with Crippen molar-refractivity contribution >= 4 is 22.1 Å². The van der Waals surface area contributed by atoms with Crippen LogP contribution in [0.25, 0.3) is 6.08 Å². The lowest BCUT2D eigenvalue weighted by atomic mass is 9.96. The number of fused-ring (bicyclic) bond motifs is 1. The number of hydrogen-bond donors (Lipinski definition) is 1. The van der Waals surface area contributed by atoms with Gasteiger partial charge in [-0.3, -0.25) is 4.79 Å². The van der Waals surface area contributed by atoms with E-state index in [1.807, 2.05) is 42.5 Å². The predicted octanol–water partition coefficient (Wildman–Crippen LogP) is 2.50.